The van der Waals surface area contributed by atoms with Gasteiger partial charge in [-0.05, 0) is 18.6 Å². The molecular weight excluding hydrogens is 162 g/mol. The van der Waals surface area contributed by atoms with Gasteiger partial charge in [-0.1, -0.05) is 12.1 Å². The van der Waals surface area contributed by atoms with Gasteiger partial charge < -0.3 is 10.7 Å². The number of H-pyrrole nitrogens is 1. The Morgan fingerprint density at radius 3 is 2.85 bits per heavy atom. The Balaban J connectivity index is 2.12. The van der Waals surface area contributed by atoms with Crippen molar-refractivity contribution >= 4 is 11.0 Å². The summed E-state index contributed by atoms with van der Waals surface area (Å²) in [5.41, 5.74) is 7.91. The van der Waals surface area contributed by atoms with E-state index in [-0.39, 0.29) is 0 Å². The normalized spacial score (nSPS) is 26.5. The number of fused-ring (bicyclic) bond motifs is 1. The smallest absolute Gasteiger partial charge is 0.111 e. The van der Waals surface area contributed by atoms with E-state index in [1.54, 1.807) is 0 Å². The van der Waals surface area contributed by atoms with E-state index in [0.717, 1.165) is 23.3 Å². The predicted octanol–water partition coefficient (Wildman–Crippen LogP) is 1.38. The van der Waals surface area contributed by atoms with Gasteiger partial charge in [0.05, 0.1) is 11.0 Å². The van der Waals surface area contributed by atoms with E-state index >= 15 is 0 Å². The first kappa shape index (κ1) is 7.09. The lowest BCUT2D eigenvalue weighted by molar-refractivity contribution is 0.921. The van der Waals surface area contributed by atoms with Crippen LogP contribution >= 0.6 is 0 Å². The van der Waals surface area contributed by atoms with E-state index in [0.29, 0.717) is 12.0 Å². The maximum Gasteiger partial charge on any atom is 0.111 e. The molecule has 66 valence electrons. The maximum absolute atomic E-state index is 5.76. The molecule has 0 saturated heterocycles. The molecule has 3 rings (SSSR count). The van der Waals surface area contributed by atoms with Gasteiger partial charge in [0.1, 0.15) is 5.82 Å². The van der Waals surface area contributed by atoms with Crippen LogP contribution in [0, 0.1) is 0 Å². The third kappa shape index (κ3) is 1.04. The zero-order valence-corrected chi connectivity index (χ0v) is 7.20. The zero-order chi connectivity index (χ0) is 8.84. The quantitative estimate of drug-likeness (QED) is 0.684. The van der Waals surface area contributed by atoms with Crippen molar-refractivity contribution in [3.63, 3.8) is 0 Å². The van der Waals surface area contributed by atoms with E-state index in [2.05, 4.69) is 9.97 Å². The SMILES string of the molecule is N[C@H]1C[C@H]1c1nc2ccccc2[nH]1. The Kier molecular flexibility index (Phi) is 1.27. The number of hydrogen-bond donors (Lipinski definition) is 2. The van der Waals surface area contributed by atoms with E-state index in [9.17, 15) is 0 Å². The molecule has 1 saturated carbocycles. The number of hydrogen-bond acceptors (Lipinski definition) is 2. The summed E-state index contributed by atoms with van der Waals surface area (Å²) in [6.07, 6.45) is 1.07. The lowest BCUT2D eigenvalue weighted by Crippen LogP contribution is -2.01. The number of aromatic amines is 1. The van der Waals surface area contributed by atoms with Gasteiger partial charge in [0.2, 0.25) is 0 Å². The number of nitrogens with one attached hydrogen (secondary N) is 1. The average Bonchev–Trinajstić information content (AvgIpc) is 2.74. The molecule has 3 N–H and O–H groups in total. The van der Waals surface area contributed by atoms with Crippen LogP contribution in [0.2, 0.25) is 0 Å². The molecule has 0 unspecified atom stereocenters. The van der Waals surface area contributed by atoms with Crippen molar-refractivity contribution in [2.45, 2.75) is 18.4 Å². The maximum atomic E-state index is 5.76. The van der Waals surface area contributed by atoms with Crippen LogP contribution in [0.4, 0.5) is 0 Å². The van der Waals surface area contributed by atoms with Crippen LogP contribution in [-0.2, 0) is 0 Å². The van der Waals surface area contributed by atoms with E-state index < -0.39 is 0 Å². The van der Waals surface area contributed by atoms with Gasteiger partial charge in [-0.3, -0.25) is 0 Å². The van der Waals surface area contributed by atoms with Crippen molar-refractivity contribution in [1.29, 1.82) is 0 Å². The molecule has 3 nitrogen and oxygen atoms in total. The minimum atomic E-state index is 0.320. The van der Waals surface area contributed by atoms with Gasteiger partial charge in [-0.15, -0.1) is 0 Å². The molecule has 1 aromatic carbocycles. The summed E-state index contributed by atoms with van der Waals surface area (Å²) in [6, 6.07) is 8.39. The molecule has 1 aliphatic carbocycles. The molecule has 0 bridgehead atoms. The number of nitrogens with two attached hydrogens (primary N) is 1. The first-order valence-electron chi connectivity index (χ1n) is 4.55. The second kappa shape index (κ2) is 2.33. The van der Waals surface area contributed by atoms with Crippen LogP contribution in [0.1, 0.15) is 18.2 Å². The Morgan fingerprint density at radius 1 is 1.38 bits per heavy atom. The topological polar surface area (TPSA) is 54.7 Å². The van der Waals surface area contributed by atoms with Gasteiger partial charge in [0.25, 0.3) is 0 Å². The molecule has 1 aromatic heterocycles. The molecule has 13 heavy (non-hydrogen) atoms. The highest BCUT2D eigenvalue weighted by molar-refractivity contribution is 5.74. The molecule has 0 spiro atoms. The van der Waals surface area contributed by atoms with Crippen molar-refractivity contribution in [1.82, 2.24) is 9.97 Å². The highest BCUT2D eigenvalue weighted by atomic mass is 15.0. The molecule has 2 atom stereocenters. The number of imidazole rings is 1. The summed E-state index contributed by atoms with van der Waals surface area (Å²) in [5, 5.41) is 0. The van der Waals surface area contributed by atoms with Crippen molar-refractivity contribution in [3.05, 3.63) is 30.1 Å². The number of aromatic nitrogens is 2. The van der Waals surface area contributed by atoms with Crippen LogP contribution in [0.15, 0.2) is 24.3 Å². The number of rotatable bonds is 1. The minimum absolute atomic E-state index is 0.320. The molecule has 0 amide bonds. The molecule has 1 aliphatic rings. The molecule has 1 heterocycles. The first-order chi connectivity index (χ1) is 6.34. The second-order valence-corrected chi connectivity index (χ2v) is 3.65. The molecule has 0 aliphatic heterocycles. The summed E-state index contributed by atoms with van der Waals surface area (Å²) in [5.74, 6) is 1.51. The molecular formula is C10H11N3. The Hall–Kier alpha value is -1.35. The van der Waals surface area contributed by atoms with Crippen LogP contribution in [0.25, 0.3) is 11.0 Å². The molecule has 2 aromatic rings. The average molecular weight is 173 g/mol. The van der Waals surface area contributed by atoms with Crippen LogP contribution in [-0.4, -0.2) is 16.0 Å². The summed E-state index contributed by atoms with van der Waals surface area (Å²) in [6.45, 7) is 0. The predicted molar refractivity (Wildman–Crippen MR) is 51.4 cm³/mol. The van der Waals surface area contributed by atoms with Crippen LogP contribution in [0.3, 0.4) is 0 Å². The highest BCUT2D eigenvalue weighted by Gasteiger charge is 2.37. The summed E-state index contributed by atoms with van der Waals surface area (Å²) in [4.78, 5) is 7.79. The van der Waals surface area contributed by atoms with E-state index in [1.807, 2.05) is 24.3 Å². The first-order valence-corrected chi connectivity index (χ1v) is 4.55. The Morgan fingerprint density at radius 2 is 2.15 bits per heavy atom. The van der Waals surface area contributed by atoms with Gasteiger partial charge in [0.15, 0.2) is 0 Å². The fraction of sp³-hybridized carbons (Fsp3) is 0.300. The van der Waals surface area contributed by atoms with Gasteiger partial charge in [0, 0.05) is 12.0 Å². The summed E-state index contributed by atoms with van der Waals surface area (Å²) in [7, 11) is 0. The molecule has 1 fully saturated rings. The Labute approximate surface area is 76.0 Å². The fourth-order valence-corrected chi connectivity index (χ4v) is 1.68. The van der Waals surface area contributed by atoms with Gasteiger partial charge in [-0.2, -0.15) is 0 Å². The standard InChI is InChI=1S/C10H11N3/c11-7-5-6(7)10-12-8-3-1-2-4-9(8)13-10/h1-4,6-7H,5,11H2,(H,12,13)/t6-,7+/m1/s1. The van der Waals surface area contributed by atoms with Crippen LogP contribution < -0.4 is 5.73 Å². The summed E-state index contributed by atoms with van der Waals surface area (Å²) < 4.78 is 0. The van der Waals surface area contributed by atoms with Crippen LogP contribution in [0.5, 0.6) is 0 Å². The molecule has 3 heteroatoms. The van der Waals surface area contributed by atoms with Crippen molar-refractivity contribution in [2.24, 2.45) is 5.73 Å². The largest absolute Gasteiger partial charge is 0.342 e. The fourth-order valence-electron chi connectivity index (χ4n) is 1.68. The third-order valence-corrected chi connectivity index (χ3v) is 2.60. The van der Waals surface area contributed by atoms with Crippen molar-refractivity contribution in [2.75, 3.05) is 0 Å². The zero-order valence-electron chi connectivity index (χ0n) is 7.20. The highest BCUT2D eigenvalue weighted by Crippen LogP contribution is 2.37. The minimum Gasteiger partial charge on any atom is -0.342 e. The lowest BCUT2D eigenvalue weighted by Gasteiger charge is -1.87. The Bertz CT molecular complexity index is 413. The number of para-hydroxylation sites is 2. The van der Waals surface area contributed by atoms with Gasteiger partial charge in [-0.25, -0.2) is 4.98 Å². The van der Waals surface area contributed by atoms with Crippen molar-refractivity contribution < 1.29 is 0 Å². The second-order valence-electron chi connectivity index (χ2n) is 3.65. The number of nitrogens with zero attached hydrogens (tertiary/aromatic N) is 1. The van der Waals surface area contributed by atoms with Crippen molar-refractivity contribution in [3.8, 4) is 0 Å². The van der Waals surface area contributed by atoms with E-state index in [4.69, 9.17) is 5.73 Å². The third-order valence-electron chi connectivity index (χ3n) is 2.60. The van der Waals surface area contributed by atoms with E-state index in [1.165, 1.54) is 0 Å². The monoisotopic (exact) mass is 173 g/mol. The lowest BCUT2D eigenvalue weighted by atomic mass is 10.3. The van der Waals surface area contributed by atoms with Gasteiger partial charge >= 0.3 is 0 Å². The molecule has 0 radical (unpaired) electrons. The summed E-state index contributed by atoms with van der Waals surface area (Å²) >= 11 is 0. The number of benzene rings is 1.